The first-order valence-corrected chi connectivity index (χ1v) is 12.2. The molecule has 0 N–H and O–H groups in total. The molecular weight excluding hydrogens is 603 g/mol. The third kappa shape index (κ3) is 4.76. The second kappa shape index (κ2) is 9.31. The number of rotatable bonds is 3. The predicted octanol–water partition coefficient (Wildman–Crippen LogP) is 5.35. The van der Waals surface area contributed by atoms with Crippen molar-refractivity contribution in [2.75, 3.05) is 13.6 Å². The zero-order valence-electron chi connectivity index (χ0n) is 17.5. The van der Waals surface area contributed by atoms with Gasteiger partial charge in [-0.2, -0.15) is 0 Å². The lowest BCUT2D eigenvalue weighted by molar-refractivity contribution is 0.0725. The molecule has 0 saturated heterocycles. The second-order valence-electron chi connectivity index (χ2n) is 7.43. The minimum atomic E-state index is -2.32. The minimum Gasteiger partial charge on any atom is -0.454 e. The Bertz CT molecular complexity index is 1340. The maximum absolute atomic E-state index is 13.8. The van der Waals surface area contributed by atoms with Crippen LogP contribution in [-0.2, 0) is 0 Å². The van der Waals surface area contributed by atoms with Crippen molar-refractivity contribution in [3.63, 3.8) is 0 Å². The summed E-state index contributed by atoms with van der Waals surface area (Å²) in [7, 11) is 0. The van der Waals surface area contributed by atoms with Gasteiger partial charge in [0.2, 0.25) is 27.0 Å². The summed E-state index contributed by atoms with van der Waals surface area (Å²) in [6.07, 6.45) is -1.66. The van der Waals surface area contributed by atoms with Gasteiger partial charge in [0.05, 0.1) is 0 Å². The van der Waals surface area contributed by atoms with E-state index in [1.165, 1.54) is 36.4 Å². The molecule has 9 nitrogen and oxygen atoms in total. The molecule has 1 unspecified atom stereocenters. The van der Waals surface area contributed by atoms with Crippen LogP contribution >= 0.6 is 69.6 Å². The van der Waals surface area contributed by atoms with Gasteiger partial charge in [-0.15, -0.1) is 0 Å². The molecule has 1 amide bonds. The van der Waals surface area contributed by atoms with Crippen molar-refractivity contribution in [1.82, 2.24) is 4.90 Å². The number of hydrogen-bond donors (Lipinski definition) is 0. The van der Waals surface area contributed by atoms with Crippen molar-refractivity contribution in [3.05, 3.63) is 47.5 Å². The van der Waals surface area contributed by atoms with Gasteiger partial charge in [0.25, 0.3) is 5.91 Å². The third-order valence-electron chi connectivity index (χ3n) is 5.17. The zero-order valence-corrected chi connectivity index (χ0v) is 22.1. The number of hydrogen-bond acceptors (Lipinski definition) is 8. The number of fused-ring (bicyclic) bond motifs is 2. The summed E-state index contributed by atoms with van der Waals surface area (Å²) in [6.45, 7) is -0.0234. The van der Waals surface area contributed by atoms with Gasteiger partial charge in [-0.05, 0) is 36.4 Å². The highest BCUT2D eigenvalue weighted by Gasteiger charge is 2.48. The van der Waals surface area contributed by atoms with E-state index in [9.17, 15) is 9.59 Å². The maximum atomic E-state index is 13.8. The van der Waals surface area contributed by atoms with E-state index in [0.717, 1.165) is 4.90 Å². The molecule has 3 aliphatic heterocycles. The Labute approximate surface area is 233 Å². The Balaban J connectivity index is 1.63. The van der Waals surface area contributed by atoms with E-state index in [0.29, 0.717) is 23.0 Å². The molecule has 0 spiro atoms. The van der Waals surface area contributed by atoms with Gasteiger partial charge in [0.1, 0.15) is 0 Å². The van der Waals surface area contributed by atoms with E-state index in [2.05, 4.69) is 9.98 Å². The van der Waals surface area contributed by atoms with Crippen LogP contribution < -0.4 is 18.9 Å². The molecule has 0 bridgehead atoms. The molecule has 0 aromatic heterocycles. The zero-order chi connectivity index (χ0) is 25.8. The first-order valence-electron chi connectivity index (χ1n) is 9.91. The number of amidine groups is 2. The standard InChI is InChI=1S/C21H11Cl6N3O6/c22-20(23,24)18-28-16(15(31)9-1-3-11-13(5-9)35-7-33-11)30(19(29-18)21(25,26)27)17(32)10-2-4-12-14(6-10)36-8-34-12/h1-6,16H,7-8H2. The van der Waals surface area contributed by atoms with Gasteiger partial charge in [0.15, 0.2) is 40.8 Å². The van der Waals surface area contributed by atoms with Crippen LogP contribution in [0.25, 0.3) is 0 Å². The molecule has 3 aliphatic rings. The van der Waals surface area contributed by atoms with E-state index in [4.69, 9.17) is 88.6 Å². The number of benzene rings is 2. The molecule has 2 aromatic carbocycles. The maximum Gasteiger partial charge on any atom is 0.261 e. The monoisotopic (exact) mass is 611 g/mol. The largest absolute Gasteiger partial charge is 0.454 e. The van der Waals surface area contributed by atoms with E-state index < -0.39 is 37.1 Å². The van der Waals surface area contributed by atoms with Crippen LogP contribution in [0.4, 0.5) is 0 Å². The molecule has 0 fully saturated rings. The summed E-state index contributed by atoms with van der Waals surface area (Å²) in [5.41, 5.74) is 0.169. The quantitative estimate of drug-likeness (QED) is 0.342. The van der Waals surface area contributed by atoms with Crippen LogP contribution in [0.5, 0.6) is 23.0 Å². The van der Waals surface area contributed by atoms with Crippen molar-refractivity contribution in [3.8, 4) is 23.0 Å². The highest BCUT2D eigenvalue weighted by molar-refractivity contribution is 6.79. The summed E-state index contributed by atoms with van der Waals surface area (Å²) in [5.74, 6) is -0.920. The van der Waals surface area contributed by atoms with Gasteiger partial charge in [-0.3, -0.25) is 14.5 Å². The normalized spacial score (nSPS) is 18.6. The fourth-order valence-corrected chi connectivity index (χ4v) is 4.23. The Hall–Kier alpha value is -2.14. The number of Topliss-reactive ketones (excluding diaryl/α,β-unsaturated/α-hetero) is 1. The van der Waals surface area contributed by atoms with Crippen LogP contribution in [0.3, 0.4) is 0 Å². The van der Waals surface area contributed by atoms with Crippen LogP contribution in [0.15, 0.2) is 46.4 Å². The van der Waals surface area contributed by atoms with Gasteiger partial charge < -0.3 is 18.9 Å². The average molecular weight is 614 g/mol. The van der Waals surface area contributed by atoms with Gasteiger partial charge >= 0.3 is 0 Å². The highest BCUT2D eigenvalue weighted by Crippen LogP contribution is 2.40. The van der Waals surface area contributed by atoms with Crippen molar-refractivity contribution < 1.29 is 28.5 Å². The first kappa shape index (κ1) is 25.5. The summed E-state index contributed by atoms with van der Waals surface area (Å²) in [5, 5.41) is 0. The van der Waals surface area contributed by atoms with Crippen LogP contribution in [-0.4, -0.2) is 55.6 Å². The summed E-state index contributed by atoms with van der Waals surface area (Å²) in [6, 6.07) is 8.81. The van der Waals surface area contributed by atoms with E-state index in [-0.39, 0.29) is 24.7 Å². The number of ketones is 1. The molecule has 188 valence electrons. The minimum absolute atomic E-state index is 0.00916. The third-order valence-corrected chi connectivity index (χ3v) is 6.18. The molecule has 15 heteroatoms. The lowest BCUT2D eigenvalue weighted by Gasteiger charge is -2.36. The number of carbonyl (C=O) groups is 2. The average Bonchev–Trinajstić information content (AvgIpc) is 3.49. The van der Waals surface area contributed by atoms with E-state index >= 15 is 0 Å². The number of alkyl halides is 6. The molecule has 1 atom stereocenters. The van der Waals surface area contributed by atoms with Crippen molar-refractivity contribution in [2.24, 2.45) is 9.98 Å². The second-order valence-corrected chi connectivity index (χ2v) is 12.0. The molecule has 36 heavy (non-hydrogen) atoms. The number of ether oxygens (including phenoxy) is 4. The highest BCUT2D eigenvalue weighted by atomic mass is 35.6. The lowest BCUT2D eigenvalue weighted by atomic mass is 10.1. The molecule has 0 radical (unpaired) electrons. The smallest absolute Gasteiger partial charge is 0.261 e. The predicted molar refractivity (Wildman–Crippen MR) is 135 cm³/mol. The van der Waals surface area contributed by atoms with Gasteiger partial charge in [0, 0.05) is 11.1 Å². The van der Waals surface area contributed by atoms with Crippen molar-refractivity contribution in [1.29, 1.82) is 0 Å². The van der Waals surface area contributed by atoms with E-state index in [1.807, 2.05) is 0 Å². The summed E-state index contributed by atoms with van der Waals surface area (Å²) >= 11 is 36.5. The fraction of sp³-hybridized carbons (Fsp3) is 0.238. The van der Waals surface area contributed by atoms with Crippen LogP contribution in [0.1, 0.15) is 20.7 Å². The number of aliphatic imine (C=N–C) groups is 2. The number of amides is 1. The van der Waals surface area contributed by atoms with Gasteiger partial charge in [-0.25, -0.2) is 9.98 Å². The molecule has 2 aromatic rings. The number of halogens is 6. The summed E-state index contributed by atoms with van der Waals surface area (Å²) in [4.78, 5) is 36.5. The lowest BCUT2D eigenvalue weighted by Crippen LogP contribution is -2.55. The molecule has 5 rings (SSSR count). The van der Waals surface area contributed by atoms with Gasteiger partial charge in [-0.1, -0.05) is 69.6 Å². The topological polar surface area (TPSA) is 99.0 Å². The van der Waals surface area contributed by atoms with Crippen LogP contribution in [0.2, 0.25) is 0 Å². The first-order chi connectivity index (χ1) is 16.9. The Morgan fingerprint density at radius 2 is 1.31 bits per heavy atom. The molecule has 0 aliphatic carbocycles. The number of nitrogens with zero attached hydrogens (tertiary/aromatic N) is 3. The SMILES string of the molecule is O=C(c1ccc2c(c1)OCO2)C1N=C(C(Cl)(Cl)Cl)N=C(C(Cl)(Cl)Cl)N1C(=O)c1ccc2c(c1)OCO2. The van der Waals surface area contributed by atoms with Crippen molar-refractivity contribution >= 4 is 93.0 Å². The Morgan fingerprint density at radius 3 is 1.86 bits per heavy atom. The molecule has 3 heterocycles. The Kier molecular flexibility index (Phi) is 6.60. The fourth-order valence-electron chi connectivity index (χ4n) is 3.56. The van der Waals surface area contributed by atoms with E-state index in [1.54, 1.807) is 0 Å². The molecule has 0 saturated carbocycles. The molecular formula is C21H11Cl6N3O6. The number of carbonyl (C=O) groups excluding carboxylic acids is 2. The Morgan fingerprint density at radius 1 is 0.778 bits per heavy atom. The van der Waals surface area contributed by atoms with Crippen LogP contribution in [0, 0.1) is 0 Å². The van der Waals surface area contributed by atoms with Crippen molar-refractivity contribution in [2.45, 2.75) is 13.8 Å². The summed E-state index contributed by atoms with van der Waals surface area (Å²) < 4.78 is 16.7.